The predicted octanol–water partition coefficient (Wildman–Crippen LogP) is 6.08. The number of allylic oxidation sites excluding steroid dienone is 1. The second kappa shape index (κ2) is 7.94. The zero-order chi connectivity index (χ0) is 26.1. The van der Waals surface area contributed by atoms with Crippen molar-refractivity contribution in [2.45, 2.75) is 77.2 Å². The number of benzene rings is 1. The molecule has 1 saturated carbocycles. The molecule has 0 spiro atoms. The second-order valence-corrected chi connectivity index (χ2v) is 13.1. The molecule has 10 heteroatoms. The lowest BCUT2D eigenvalue weighted by atomic mass is 9.49. The number of ketones is 1. The average Bonchev–Trinajstić information content (AvgIpc) is 2.68. The summed E-state index contributed by atoms with van der Waals surface area (Å²) in [5.74, 6) is -0.965. The molecule has 1 fully saturated rings. The van der Waals surface area contributed by atoms with Gasteiger partial charge in [0.05, 0.1) is 21.5 Å². The number of nitro groups is 2. The number of rotatable bonds is 4. The van der Waals surface area contributed by atoms with Gasteiger partial charge in [-0.2, -0.15) is 0 Å². The molecule has 0 aromatic heterocycles. The van der Waals surface area contributed by atoms with Crippen LogP contribution < -0.4 is 0 Å². The zero-order valence-electron chi connectivity index (χ0n) is 20.5. The number of alkyl halides is 1. The number of carbonyl (C=O) groups is 2. The fourth-order valence-electron chi connectivity index (χ4n) is 6.90. The van der Waals surface area contributed by atoms with Gasteiger partial charge in [-0.05, 0) is 47.5 Å². The molecule has 1 aromatic rings. The van der Waals surface area contributed by atoms with Crippen LogP contribution in [0.4, 0.5) is 11.4 Å². The minimum atomic E-state index is -1.21. The quantitative estimate of drug-likeness (QED) is 0.193. The number of nitro benzene ring substituents is 2. The van der Waals surface area contributed by atoms with Gasteiger partial charge in [-0.15, -0.1) is 0 Å². The van der Waals surface area contributed by atoms with Gasteiger partial charge in [0, 0.05) is 29.0 Å². The molecule has 2 bridgehead atoms. The van der Waals surface area contributed by atoms with E-state index in [4.69, 9.17) is 4.74 Å². The van der Waals surface area contributed by atoms with Crippen LogP contribution in [-0.2, 0) is 9.53 Å². The maximum absolute atomic E-state index is 13.6. The summed E-state index contributed by atoms with van der Waals surface area (Å²) in [6.45, 7) is 10.4. The molecule has 0 N–H and O–H groups in total. The third kappa shape index (κ3) is 4.41. The van der Waals surface area contributed by atoms with Gasteiger partial charge < -0.3 is 4.74 Å². The Labute approximate surface area is 211 Å². The number of carbonyl (C=O) groups excluding carboxylic acids is 2. The molecule has 0 amide bonds. The maximum atomic E-state index is 13.6. The Hall–Kier alpha value is -2.62. The van der Waals surface area contributed by atoms with Gasteiger partial charge in [0.1, 0.15) is 5.60 Å². The summed E-state index contributed by atoms with van der Waals surface area (Å²) in [6, 6.07) is 2.77. The van der Waals surface area contributed by atoms with Gasteiger partial charge in [0.15, 0.2) is 5.78 Å². The molecule has 0 radical (unpaired) electrons. The third-order valence-corrected chi connectivity index (χ3v) is 9.12. The summed E-state index contributed by atoms with van der Waals surface area (Å²) in [6.07, 6.45) is 2.70. The largest absolute Gasteiger partial charge is 0.450 e. The molecule has 0 saturated heterocycles. The van der Waals surface area contributed by atoms with Crippen LogP contribution in [-0.4, -0.2) is 32.0 Å². The molecule has 1 aromatic carbocycles. The van der Waals surface area contributed by atoms with Crippen molar-refractivity contribution in [3.63, 3.8) is 0 Å². The van der Waals surface area contributed by atoms with Crippen LogP contribution in [0.2, 0.25) is 0 Å². The number of nitrogens with zero attached hydrogens (tertiary/aromatic N) is 2. The van der Waals surface area contributed by atoms with Crippen molar-refractivity contribution in [1.29, 1.82) is 0 Å². The van der Waals surface area contributed by atoms with E-state index in [2.05, 4.69) is 36.7 Å². The highest BCUT2D eigenvalue weighted by atomic mass is 79.9. The van der Waals surface area contributed by atoms with Crippen molar-refractivity contribution < 1.29 is 24.2 Å². The third-order valence-electron chi connectivity index (χ3n) is 7.47. The lowest BCUT2D eigenvalue weighted by Gasteiger charge is -2.60. The first-order valence-electron chi connectivity index (χ1n) is 11.6. The average molecular weight is 549 g/mol. The van der Waals surface area contributed by atoms with Crippen LogP contribution >= 0.6 is 15.9 Å². The van der Waals surface area contributed by atoms with E-state index in [-0.39, 0.29) is 32.4 Å². The molecule has 4 rings (SSSR count). The van der Waals surface area contributed by atoms with Crippen molar-refractivity contribution in [1.82, 2.24) is 0 Å². The number of non-ortho nitro benzene ring substituents is 2. The van der Waals surface area contributed by atoms with E-state index in [9.17, 15) is 29.8 Å². The van der Waals surface area contributed by atoms with Gasteiger partial charge in [-0.3, -0.25) is 25.0 Å². The fraction of sp³-hybridized carbons (Fsp3) is 0.600. The normalized spacial score (nSPS) is 30.9. The van der Waals surface area contributed by atoms with E-state index < -0.39 is 32.8 Å². The van der Waals surface area contributed by atoms with Crippen molar-refractivity contribution in [3.8, 4) is 0 Å². The van der Waals surface area contributed by atoms with Gasteiger partial charge in [-0.1, -0.05) is 50.5 Å². The van der Waals surface area contributed by atoms with Crippen LogP contribution in [0, 0.1) is 36.5 Å². The van der Waals surface area contributed by atoms with E-state index in [0.29, 0.717) is 31.3 Å². The lowest BCUT2D eigenvalue weighted by molar-refractivity contribution is -0.394. The standard InChI is InChI=1S/C25H29BrN2O7/c1-22(2)9-17-19(18(29)10-22)25(12-23(3,4)11-24(5,13-25)20(17)26)35-21(30)14-6-15(27(31)32)8-16(7-14)28(33)34/h6-8,20H,9-13H2,1-5H3/t20-,24+,25-/m1/s1. The predicted molar refractivity (Wildman–Crippen MR) is 131 cm³/mol. The Balaban J connectivity index is 1.86. The summed E-state index contributed by atoms with van der Waals surface area (Å²) in [4.78, 5) is 48.1. The molecule has 3 aliphatic carbocycles. The van der Waals surface area contributed by atoms with Crippen molar-refractivity contribution in [2.75, 3.05) is 0 Å². The Bertz CT molecular complexity index is 1170. The number of fused-ring (bicyclic) bond motifs is 3. The molecule has 3 atom stereocenters. The molecular formula is C25H29BrN2O7. The van der Waals surface area contributed by atoms with Crippen LogP contribution in [0.15, 0.2) is 29.3 Å². The smallest absolute Gasteiger partial charge is 0.339 e. The zero-order valence-corrected chi connectivity index (χ0v) is 22.1. The number of hydrogen-bond acceptors (Lipinski definition) is 7. The monoisotopic (exact) mass is 548 g/mol. The van der Waals surface area contributed by atoms with Gasteiger partial charge in [0.25, 0.3) is 11.4 Å². The topological polar surface area (TPSA) is 130 Å². The molecule has 9 nitrogen and oxygen atoms in total. The SMILES string of the molecule is CC1(C)CC(=O)C2=C(C1)[C@@H](Br)[C@@]1(C)CC(C)(C)C[C@@]2(OC(=O)c2cc([N+](=O)[O-])cc([N+](=O)[O-])c2)C1. The Morgan fingerprint density at radius 3 is 2.06 bits per heavy atom. The summed E-state index contributed by atoms with van der Waals surface area (Å²) >= 11 is 3.89. The van der Waals surface area contributed by atoms with E-state index >= 15 is 0 Å². The Morgan fingerprint density at radius 1 is 0.943 bits per heavy atom. The fourth-order valence-corrected chi connectivity index (χ4v) is 7.61. The van der Waals surface area contributed by atoms with E-state index in [1.54, 1.807) is 0 Å². The number of hydrogen-bond donors (Lipinski definition) is 0. The molecule has 0 aliphatic heterocycles. The van der Waals surface area contributed by atoms with Gasteiger partial charge >= 0.3 is 5.97 Å². The van der Waals surface area contributed by atoms with Crippen LogP contribution in [0.1, 0.15) is 77.1 Å². The number of esters is 1. The first-order chi connectivity index (χ1) is 16.0. The number of Topliss-reactive ketones (excluding diaryl/α,β-unsaturated/α-hetero) is 1. The van der Waals surface area contributed by atoms with Gasteiger partial charge in [-0.25, -0.2) is 4.79 Å². The first-order valence-corrected chi connectivity index (χ1v) is 12.5. The van der Waals surface area contributed by atoms with E-state index in [1.807, 2.05) is 13.8 Å². The highest BCUT2D eigenvalue weighted by Crippen LogP contribution is 2.64. The molecule has 3 aliphatic rings. The summed E-state index contributed by atoms with van der Waals surface area (Å²) in [5, 5.41) is 22.7. The van der Waals surface area contributed by atoms with Crippen molar-refractivity contribution in [3.05, 3.63) is 55.1 Å². The summed E-state index contributed by atoms with van der Waals surface area (Å²) in [7, 11) is 0. The van der Waals surface area contributed by atoms with Gasteiger partial charge in [0.2, 0.25) is 0 Å². The van der Waals surface area contributed by atoms with Crippen molar-refractivity contribution in [2.24, 2.45) is 16.2 Å². The Kier molecular flexibility index (Phi) is 5.78. The highest BCUT2D eigenvalue weighted by Gasteiger charge is 2.62. The van der Waals surface area contributed by atoms with E-state index in [0.717, 1.165) is 30.2 Å². The molecule has 35 heavy (non-hydrogen) atoms. The molecule has 188 valence electrons. The van der Waals surface area contributed by atoms with E-state index in [1.165, 1.54) is 0 Å². The van der Waals surface area contributed by atoms with Crippen LogP contribution in [0.3, 0.4) is 0 Å². The van der Waals surface area contributed by atoms with Crippen LogP contribution in [0.25, 0.3) is 0 Å². The minimum Gasteiger partial charge on any atom is -0.450 e. The molecule has 0 unspecified atom stereocenters. The van der Waals surface area contributed by atoms with Crippen LogP contribution in [0.5, 0.6) is 0 Å². The number of halogens is 1. The highest BCUT2D eigenvalue weighted by molar-refractivity contribution is 9.09. The lowest BCUT2D eigenvalue weighted by Crippen LogP contribution is -2.59. The Morgan fingerprint density at radius 2 is 1.51 bits per heavy atom. The molecule has 0 heterocycles. The summed E-state index contributed by atoms with van der Waals surface area (Å²) in [5.41, 5.74) is -1.95. The minimum absolute atomic E-state index is 0.0566. The van der Waals surface area contributed by atoms with Crippen molar-refractivity contribution >= 4 is 39.1 Å². The first kappa shape index (κ1) is 25.5. The number of ether oxygens (including phenoxy) is 1. The maximum Gasteiger partial charge on any atom is 0.339 e. The second-order valence-electron chi connectivity index (χ2n) is 12.2. The molecular weight excluding hydrogens is 520 g/mol. The summed E-state index contributed by atoms with van der Waals surface area (Å²) < 4.78 is 6.18.